The van der Waals surface area contributed by atoms with Gasteiger partial charge in [-0.25, -0.2) is 13.2 Å². The first-order valence-electron chi connectivity index (χ1n) is 13.1. The molecule has 0 aromatic rings. The van der Waals surface area contributed by atoms with E-state index in [4.69, 9.17) is 9.47 Å². The molecule has 10 nitrogen and oxygen atoms in total. The average molecular weight is 526 g/mol. The summed E-state index contributed by atoms with van der Waals surface area (Å²) in [6.07, 6.45) is 8.50. The number of allylic oxidation sites excluding steroid dienone is 2. The Balaban J connectivity index is 1.18. The van der Waals surface area contributed by atoms with E-state index in [1.54, 1.807) is 25.7 Å². The minimum Gasteiger partial charge on any atom is -0.444 e. The van der Waals surface area contributed by atoms with Crippen LogP contribution in [0.1, 0.15) is 65.7 Å². The zero-order valence-electron chi connectivity index (χ0n) is 21.5. The molecule has 2 saturated heterocycles. The van der Waals surface area contributed by atoms with Crippen molar-refractivity contribution < 1.29 is 32.3 Å². The van der Waals surface area contributed by atoms with E-state index in [1.807, 2.05) is 12.2 Å². The van der Waals surface area contributed by atoms with Crippen molar-refractivity contribution in [3.05, 3.63) is 12.2 Å². The lowest BCUT2D eigenvalue weighted by atomic mass is 9.98. The molecule has 11 heteroatoms. The van der Waals surface area contributed by atoms with E-state index in [1.165, 1.54) is 4.90 Å². The van der Waals surface area contributed by atoms with Crippen molar-refractivity contribution in [3.63, 3.8) is 0 Å². The number of carbonyl (C=O) groups is 3. The smallest absolute Gasteiger partial charge is 0.411 e. The molecule has 4 fully saturated rings. The molecule has 4 aliphatic rings. The van der Waals surface area contributed by atoms with E-state index in [0.29, 0.717) is 45.5 Å². The van der Waals surface area contributed by atoms with Gasteiger partial charge in [0, 0.05) is 25.6 Å². The van der Waals surface area contributed by atoms with Gasteiger partial charge in [-0.15, -0.1) is 0 Å². The molecular weight excluding hydrogens is 486 g/mol. The van der Waals surface area contributed by atoms with Crippen LogP contribution < -0.4 is 4.72 Å². The number of hydrogen-bond donors (Lipinski definition) is 1. The number of hydrogen-bond acceptors (Lipinski definition) is 7. The first-order chi connectivity index (χ1) is 17.0. The molecule has 2 aliphatic carbocycles. The maximum absolute atomic E-state index is 13.1. The summed E-state index contributed by atoms with van der Waals surface area (Å²) in [5.74, 6) is -0.654. The summed E-state index contributed by atoms with van der Waals surface area (Å²) in [5, 5.41) is -0.397. The van der Waals surface area contributed by atoms with Crippen LogP contribution in [0.3, 0.4) is 0 Å². The van der Waals surface area contributed by atoms with Gasteiger partial charge in [0.15, 0.2) is 0 Å². The molecular formula is C25H39N3O7S. The van der Waals surface area contributed by atoms with E-state index in [-0.39, 0.29) is 23.8 Å². The highest BCUT2D eigenvalue weighted by Gasteiger charge is 2.50. The van der Waals surface area contributed by atoms with Gasteiger partial charge >= 0.3 is 6.09 Å². The van der Waals surface area contributed by atoms with Gasteiger partial charge < -0.3 is 14.4 Å². The molecule has 0 bridgehead atoms. The van der Waals surface area contributed by atoms with Crippen LogP contribution in [0.25, 0.3) is 0 Å². The third-order valence-electron chi connectivity index (χ3n) is 6.98. The first-order valence-corrected chi connectivity index (χ1v) is 14.6. The Labute approximate surface area is 213 Å². The Bertz CT molecular complexity index is 980. The third kappa shape index (κ3) is 6.79. The van der Waals surface area contributed by atoms with Crippen LogP contribution in [-0.4, -0.2) is 85.4 Å². The number of nitrogens with zero attached hydrogens (tertiary/aromatic N) is 2. The Kier molecular flexibility index (Phi) is 7.99. The van der Waals surface area contributed by atoms with Crippen LogP contribution in [0.2, 0.25) is 0 Å². The predicted molar refractivity (Wildman–Crippen MR) is 132 cm³/mol. The zero-order chi connectivity index (χ0) is 26.1. The normalized spacial score (nSPS) is 28.2. The lowest BCUT2D eigenvalue weighted by Crippen LogP contribution is -2.69. The molecule has 4 rings (SSSR count). The fourth-order valence-corrected chi connectivity index (χ4v) is 6.01. The summed E-state index contributed by atoms with van der Waals surface area (Å²) in [5.41, 5.74) is -0.636. The van der Waals surface area contributed by atoms with Gasteiger partial charge in [-0.1, -0.05) is 12.2 Å². The van der Waals surface area contributed by atoms with Crippen LogP contribution >= 0.6 is 0 Å². The fourth-order valence-electron chi connectivity index (χ4n) is 4.65. The quantitative estimate of drug-likeness (QED) is 0.343. The summed E-state index contributed by atoms with van der Waals surface area (Å²) >= 11 is 0. The monoisotopic (exact) mass is 525 g/mol. The van der Waals surface area contributed by atoms with Crippen LogP contribution in [0.4, 0.5) is 4.79 Å². The Hall–Kier alpha value is -2.14. The number of sulfonamides is 1. The van der Waals surface area contributed by atoms with Gasteiger partial charge in [-0.3, -0.25) is 19.2 Å². The van der Waals surface area contributed by atoms with E-state index < -0.39 is 38.9 Å². The van der Waals surface area contributed by atoms with Crippen molar-refractivity contribution in [2.75, 3.05) is 26.2 Å². The number of rotatable bonds is 10. The minimum absolute atomic E-state index is 0.0729. The van der Waals surface area contributed by atoms with Gasteiger partial charge in [0.2, 0.25) is 21.8 Å². The molecule has 0 spiro atoms. The van der Waals surface area contributed by atoms with Crippen LogP contribution in [-0.2, 0) is 29.1 Å². The molecule has 0 unspecified atom stereocenters. The molecule has 36 heavy (non-hydrogen) atoms. The Morgan fingerprint density at radius 3 is 2.44 bits per heavy atom. The molecule has 2 saturated carbocycles. The van der Waals surface area contributed by atoms with Crippen LogP contribution in [0.15, 0.2) is 12.2 Å². The number of unbranched alkanes of at least 4 members (excludes halogenated alkanes) is 1. The van der Waals surface area contributed by atoms with Crippen molar-refractivity contribution in [1.29, 1.82) is 0 Å². The predicted octanol–water partition coefficient (Wildman–Crippen LogP) is 2.19. The van der Waals surface area contributed by atoms with Crippen molar-refractivity contribution in [2.45, 2.75) is 88.7 Å². The minimum atomic E-state index is -3.49. The molecule has 0 aromatic carbocycles. The van der Waals surface area contributed by atoms with Gasteiger partial charge in [0.05, 0.1) is 11.8 Å². The molecule has 4 atom stereocenters. The number of nitrogens with one attached hydrogen (secondary N) is 1. The Morgan fingerprint density at radius 1 is 1.11 bits per heavy atom. The van der Waals surface area contributed by atoms with Crippen LogP contribution in [0, 0.1) is 11.8 Å². The molecule has 0 radical (unpaired) electrons. The molecule has 2 heterocycles. The number of ether oxygens (including phenoxy) is 2. The fraction of sp³-hybridized carbons (Fsp3) is 0.800. The maximum Gasteiger partial charge on any atom is 0.411 e. The second kappa shape index (κ2) is 10.7. The number of amides is 3. The lowest BCUT2D eigenvalue weighted by Gasteiger charge is -2.47. The molecule has 1 N–H and O–H groups in total. The summed E-state index contributed by atoms with van der Waals surface area (Å²) in [4.78, 5) is 41.1. The van der Waals surface area contributed by atoms with Crippen molar-refractivity contribution in [2.24, 2.45) is 11.8 Å². The van der Waals surface area contributed by atoms with Crippen molar-refractivity contribution >= 4 is 27.9 Å². The second-order valence-electron chi connectivity index (χ2n) is 11.3. The highest BCUT2D eigenvalue weighted by atomic mass is 32.2. The summed E-state index contributed by atoms with van der Waals surface area (Å²) < 4.78 is 37.5. The largest absolute Gasteiger partial charge is 0.444 e. The van der Waals surface area contributed by atoms with E-state index in [0.717, 1.165) is 25.7 Å². The van der Waals surface area contributed by atoms with Crippen molar-refractivity contribution in [3.8, 4) is 0 Å². The average Bonchev–Trinajstić information content (AvgIpc) is 3.68. The lowest BCUT2D eigenvalue weighted by molar-refractivity contribution is -0.157. The summed E-state index contributed by atoms with van der Waals surface area (Å²) in [6.45, 7) is 7.61. The molecule has 3 amide bonds. The SMILES string of the molecule is CC(C)(C)OC(=O)N1C[C@@H](OCCC/C=C\[C@@H]2C[C@@H]2C(=O)NS(=O)(=O)C2CC2)[C@H]1C(=O)N1CCCC1. The van der Waals surface area contributed by atoms with Gasteiger partial charge in [0.25, 0.3) is 0 Å². The maximum atomic E-state index is 13.1. The van der Waals surface area contributed by atoms with E-state index in [9.17, 15) is 22.8 Å². The summed E-state index contributed by atoms with van der Waals surface area (Å²) in [6, 6.07) is -0.647. The number of likely N-dealkylation sites (tertiary alicyclic amines) is 2. The van der Waals surface area contributed by atoms with E-state index in [2.05, 4.69) is 4.72 Å². The Morgan fingerprint density at radius 2 is 1.81 bits per heavy atom. The highest BCUT2D eigenvalue weighted by Crippen LogP contribution is 2.40. The third-order valence-corrected chi connectivity index (χ3v) is 8.81. The zero-order valence-corrected chi connectivity index (χ0v) is 22.3. The molecule has 202 valence electrons. The summed E-state index contributed by atoms with van der Waals surface area (Å²) in [7, 11) is -3.49. The van der Waals surface area contributed by atoms with E-state index >= 15 is 0 Å². The first kappa shape index (κ1) is 26.9. The standard InChI is InChI=1S/C25H39N3O7S/c1-25(2,3)35-24(31)28-16-20(21(28)23(30)27-12-6-7-13-27)34-14-8-4-5-9-17-15-19(17)22(29)26-36(32,33)18-10-11-18/h5,9,17-21H,4,6-8,10-16H2,1-3H3,(H,26,29)/b9-5-/t17-,19+,20-,21+/m1/s1. The van der Waals surface area contributed by atoms with Crippen molar-refractivity contribution in [1.82, 2.24) is 14.5 Å². The van der Waals surface area contributed by atoms with Gasteiger partial charge in [0.1, 0.15) is 17.7 Å². The highest BCUT2D eigenvalue weighted by molar-refractivity contribution is 7.90. The second-order valence-corrected chi connectivity index (χ2v) is 13.3. The van der Waals surface area contributed by atoms with Crippen LogP contribution in [0.5, 0.6) is 0 Å². The molecule has 2 aliphatic heterocycles. The van der Waals surface area contributed by atoms with Gasteiger partial charge in [-0.05, 0) is 71.6 Å². The molecule has 0 aromatic heterocycles. The topological polar surface area (TPSA) is 122 Å². The van der Waals surface area contributed by atoms with Gasteiger partial charge in [-0.2, -0.15) is 0 Å². The number of carbonyl (C=O) groups excluding carboxylic acids is 3.